The van der Waals surface area contributed by atoms with Crippen LogP contribution in [-0.2, 0) is 4.74 Å². The highest BCUT2D eigenvalue weighted by atomic mass is 16.5. The summed E-state index contributed by atoms with van der Waals surface area (Å²) in [4.78, 5) is 21.0. The van der Waals surface area contributed by atoms with Crippen molar-refractivity contribution in [3.8, 4) is 17.0 Å². The van der Waals surface area contributed by atoms with Gasteiger partial charge in [-0.1, -0.05) is 30.3 Å². The van der Waals surface area contributed by atoms with Crippen LogP contribution in [0.3, 0.4) is 0 Å². The van der Waals surface area contributed by atoms with E-state index in [1.165, 1.54) is 14.2 Å². The molecule has 0 unspecified atom stereocenters. The first-order chi connectivity index (χ1) is 10.7. The lowest BCUT2D eigenvalue weighted by molar-refractivity contribution is 0.0599. The molecule has 0 radical (unpaired) electrons. The molecule has 0 spiro atoms. The molecule has 0 aliphatic heterocycles. The van der Waals surface area contributed by atoms with Crippen LogP contribution in [0.15, 0.2) is 48.7 Å². The zero-order chi connectivity index (χ0) is 15.5. The van der Waals surface area contributed by atoms with E-state index < -0.39 is 5.97 Å². The van der Waals surface area contributed by atoms with Crippen molar-refractivity contribution < 1.29 is 14.3 Å². The van der Waals surface area contributed by atoms with E-state index in [9.17, 15) is 4.79 Å². The molecule has 3 rings (SSSR count). The van der Waals surface area contributed by atoms with Crippen molar-refractivity contribution >= 4 is 17.0 Å². The van der Waals surface area contributed by atoms with Gasteiger partial charge in [-0.05, 0) is 12.1 Å². The number of benzene rings is 2. The van der Waals surface area contributed by atoms with E-state index in [2.05, 4.69) is 9.97 Å². The monoisotopic (exact) mass is 294 g/mol. The minimum Gasteiger partial charge on any atom is -0.496 e. The maximum Gasteiger partial charge on any atom is 0.343 e. The van der Waals surface area contributed by atoms with Crippen molar-refractivity contribution in [3.63, 3.8) is 0 Å². The number of esters is 1. The van der Waals surface area contributed by atoms with Crippen molar-refractivity contribution in [2.45, 2.75) is 0 Å². The lowest BCUT2D eigenvalue weighted by Gasteiger charge is -2.10. The van der Waals surface area contributed by atoms with Gasteiger partial charge >= 0.3 is 5.97 Å². The minimum atomic E-state index is -0.496. The van der Waals surface area contributed by atoms with Gasteiger partial charge < -0.3 is 9.47 Å². The average Bonchev–Trinajstić information content (AvgIpc) is 2.60. The first kappa shape index (κ1) is 14.0. The van der Waals surface area contributed by atoms with Gasteiger partial charge in [0.15, 0.2) is 0 Å². The number of hydrogen-bond acceptors (Lipinski definition) is 5. The summed E-state index contributed by atoms with van der Waals surface area (Å²) in [6.45, 7) is 0. The molecule has 0 aliphatic rings. The molecule has 0 N–H and O–H groups in total. The van der Waals surface area contributed by atoms with Crippen molar-refractivity contribution in [1.82, 2.24) is 9.97 Å². The van der Waals surface area contributed by atoms with E-state index in [1.54, 1.807) is 18.3 Å². The summed E-state index contributed by atoms with van der Waals surface area (Å²) in [6.07, 6.45) is 1.64. The standard InChI is InChI=1S/C17H14N2O3/c1-21-14-9-8-12-16(15(14)17(20)22-2)18-10-13(19-12)11-6-4-3-5-7-11/h3-10H,1-2H3. The number of rotatable bonds is 3. The summed E-state index contributed by atoms with van der Waals surface area (Å²) in [5.74, 6) is -0.0784. The summed E-state index contributed by atoms with van der Waals surface area (Å²) >= 11 is 0. The number of methoxy groups -OCH3 is 2. The average molecular weight is 294 g/mol. The number of ether oxygens (including phenoxy) is 2. The summed E-state index contributed by atoms with van der Waals surface area (Å²) in [6, 6.07) is 13.2. The third kappa shape index (κ3) is 2.37. The molecule has 0 saturated carbocycles. The molecule has 1 heterocycles. The van der Waals surface area contributed by atoms with Crippen molar-refractivity contribution in [2.75, 3.05) is 14.2 Å². The molecule has 5 nitrogen and oxygen atoms in total. The summed E-state index contributed by atoms with van der Waals surface area (Å²) in [5.41, 5.74) is 3.07. The van der Waals surface area contributed by atoms with Gasteiger partial charge in [0.05, 0.1) is 31.6 Å². The minimum absolute atomic E-state index is 0.287. The number of nitrogens with zero attached hydrogens (tertiary/aromatic N) is 2. The lowest BCUT2D eigenvalue weighted by atomic mass is 10.1. The maximum absolute atomic E-state index is 12.0. The quantitative estimate of drug-likeness (QED) is 0.695. The van der Waals surface area contributed by atoms with E-state index in [-0.39, 0.29) is 5.56 Å². The Bertz CT molecular complexity index is 832. The summed E-state index contributed by atoms with van der Waals surface area (Å²) < 4.78 is 10.0. The Hall–Kier alpha value is -2.95. The van der Waals surface area contributed by atoms with E-state index in [0.717, 1.165) is 11.3 Å². The van der Waals surface area contributed by atoms with Gasteiger partial charge in [-0.3, -0.25) is 4.98 Å². The Balaban J connectivity index is 2.21. The number of carbonyl (C=O) groups is 1. The van der Waals surface area contributed by atoms with Gasteiger partial charge in [0, 0.05) is 5.56 Å². The van der Waals surface area contributed by atoms with Crippen LogP contribution in [0.2, 0.25) is 0 Å². The third-order valence-corrected chi connectivity index (χ3v) is 3.35. The second-order valence-electron chi connectivity index (χ2n) is 4.62. The van der Waals surface area contributed by atoms with Gasteiger partial charge in [-0.15, -0.1) is 0 Å². The molecule has 0 aliphatic carbocycles. The van der Waals surface area contributed by atoms with E-state index in [1.807, 2.05) is 30.3 Å². The summed E-state index contributed by atoms with van der Waals surface area (Å²) in [5, 5.41) is 0. The molecular weight excluding hydrogens is 280 g/mol. The summed E-state index contributed by atoms with van der Waals surface area (Å²) in [7, 11) is 2.83. The smallest absolute Gasteiger partial charge is 0.343 e. The van der Waals surface area contributed by atoms with Crippen LogP contribution < -0.4 is 4.74 Å². The Kier molecular flexibility index (Phi) is 3.70. The third-order valence-electron chi connectivity index (χ3n) is 3.35. The Labute approximate surface area is 127 Å². The number of hydrogen-bond donors (Lipinski definition) is 0. The normalized spacial score (nSPS) is 10.5. The van der Waals surface area contributed by atoms with Crippen molar-refractivity contribution in [3.05, 3.63) is 54.2 Å². The van der Waals surface area contributed by atoms with E-state index in [0.29, 0.717) is 16.8 Å². The number of carbonyl (C=O) groups excluding carboxylic acids is 1. The highest BCUT2D eigenvalue weighted by Crippen LogP contribution is 2.28. The molecule has 0 saturated heterocycles. The fraction of sp³-hybridized carbons (Fsp3) is 0.118. The van der Waals surface area contributed by atoms with Gasteiger partial charge in [-0.25, -0.2) is 9.78 Å². The molecular formula is C17H14N2O3. The molecule has 110 valence electrons. The lowest BCUT2D eigenvalue weighted by Crippen LogP contribution is -2.06. The Morgan fingerprint density at radius 1 is 1.05 bits per heavy atom. The molecule has 0 bridgehead atoms. The first-order valence-corrected chi connectivity index (χ1v) is 6.72. The molecule has 2 aromatic carbocycles. The highest BCUT2D eigenvalue weighted by molar-refractivity contribution is 6.04. The largest absolute Gasteiger partial charge is 0.496 e. The van der Waals surface area contributed by atoms with Crippen LogP contribution >= 0.6 is 0 Å². The predicted molar refractivity (Wildman–Crippen MR) is 82.9 cm³/mol. The molecule has 0 atom stereocenters. The van der Waals surface area contributed by atoms with Crippen LogP contribution in [-0.4, -0.2) is 30.2 Å². The molecule has 0 fully saturated rings. The van der Waals surface area contributed by atoms with E-state index in [4.69, 9.17) is 9.47 Å². The Morgan fingerprint density at radius 3 is 2.50 bits per heavy atom. The van der Waals surface area contributed by atoms with Crippen molar-refractivity contribution in [2.24, 2.45) is 0 Å². The fourth-order valence-electron chi connectivity index (χ4n) is 2.28. The molecule has 3 aromatic rings. The van der Waals surface area contributed by atoms with Gasteiger partial charge in [0.2, 0.25) is 0 Å². The van der Waals surface area contributed by atoms with Gasteiger partial charge in [0.1, 0.15) is 16.8 Å². The Morgan fingerprint density at radius 2 is 1.82 bits per heavy atom. The maximum atomic E-state index is 12.0. The zero-order valence-electron chi connectivity index (χ0n) is 12.2. The fourth-order valence-corrected chi connectivity index (χ4v) is 2.28. The number of fused-ring (bicyclic) bond motifs is 1. The van der Waals surface area contributed by atoms with Crippen molar-refractivity contribution in [1.29, 1.82) is 0 Å². The second kappa shape index (κ2) is 5.81. The second-order valence-corrected chi connectivity index (χ2v) is 4.62. The van der Waals surface area contributed by atoms with Crippen LogP contribution in [0.1, 0.15) is 10.4 Å². The SMILES string of the molecule is COC(=O)c1c(OC)ccc2nc(-c3ccccc3)cnc12. The topological polar surface area (TPSA) is 61.3 Å². The first-order valence-electron chi connectivity index (χ1n) is 6.72. The van der Waals surface area contributed by atoms with E-state index >= 15 is 0 Å². The predicted octanol–water partition coefficient (Wildman–Crippen LogP) is 3.09. The van der Waals surface area contributed by atoms with Gasteiger partial charge in [0.25, 0.3) is 0 Å². The van der Waals surface area contributed by atoms with Crippen LogP contribution in [0.5, 0.6) is 5.75 Å². The van der Waals surface area contributed by atoms with Crippen LogP contribution in [0.25, 0.3) is 22.3 Å². The molecule has 1 aromatic heterocycles. The zero-order valence-corrected chi connectivity index (χ0v) is 12.2. The highest BCUT2D eigenvalue weighted by Gasteiger charge is 2.19. The van der Waals surface area contributed by atoms with Crippen LogP contribution in [0, 0.1) is 0 Å². The molecule has 5 heteroatoms. The molecule has 0 amide bonds. The van der Waals surface area contributed by atoms with Gasteiger partial charge in [-0.2, -0.15) is 0 Å². The molecule has 22 heavy (non-hydrogen) atoms. The number of aromatic nitrogens is 2. The van der Waals surface area contributed by atoms with Crippen LogP contribution in [0.4, 0.5) is 0 Å².